The van der Waals surface area contributed by atoms with Crippen LogP contribution in [0.3, 0.4) is 0 Å². The molecule has 1 aliphatic rings. The molecule has 1 fully saturated rings. The van der Waals surface area contributed by atoms with Gasteiger partial charge in [-0.1, -0.05) is 0 Å². The van der Waals surface area contributed by atoms with Gasteiger partial charge in [0.1, 0.15) is 11.6 Å². The summed E-state index contributed by atoms with van der Waals surface area (Å²) >= 11 is 3.28. The molecule has 2 aromatic rings. The van der Waals surface area contributed by atoms with Crippen molar-refractivity contribution in [2.45, 2.75) is 13.8 Å². The molecule has 0 aliphatic carbocycles. The van der Waals surface area contributed by atoms with Crippen LogP contribution in [-0.4, -0.2) is 29.6 Å². The Bertz CT molecular complexity index is 711. The zero-order chi connectivity index (χ0) is 15.9. The highest BCUT2D eigenvalue weighted by Gasteiger charge is 2.21. The smallest absolute Gasteiger partial charge is 0.145 e. The lowest BCUT2D eigenvalue weighted by Crippen LogP contribution is -2.32. The van der Waals surface area contributed by atoms with Crippen molar-refractivity contribution in [1.29, 1.82) is 0 Å². The zero-order valence-electron chi connectivity index (χ0n) is 12.8. The van der Waals surface area contributed by atoms with Crippen LogP contribution >= 0.6 is 15.9 Å². The number of benzene rings is 1. The second-order valence-electron chi connectivity index (χ2n) is 5.65. The van der Waals surface area contributed by atoms with E-state index in [-0.39, 0.29) is 5.82 Å². The minimum Gasteiger partial charge on any atom is -0.493 e. The summed E-state index contributed by atoms with van der Waals surface area (Å²) in [5, 5.41) is 4.36. The summed E-state index contributed by atoms with van der Waals surface area (Å²) in [6.07, 6.45) is 0. The van der Waals surface area contributed by atoms with Crippen LogP contribution in [-0.2, 0) is 11.8 Å². The summed E-state index contributed by atoms with van der Waals surface area (Å²) in [7, 11) is 1.86. The molecule has 0 N–H and O–H groups in total. The maximum absolute atomic E-state index is 14.6. The van der Waals surface area contributed by atoms with Gasteiger partial charge in [0.25, 0.3) is 0 Å². The third-order valence-electron chi connectivity index (χ3n) is 3.97. The van der Waals surface area contributed by atoms with Gasteiger partial charge in [0.15, 0.2) is 0 Å². The zero-order valence-corrected chi connectivity index (χ0v) is 14.4. The highest BCUT2D eigenvalue weighted by Crippen LogP contribution is 2.36. The molecule has 0 atom stereocenters. The van der Waals surface area contributed by atoms with Crippen molar-refractivity contribution in [3.05, 3.63) is 33.8 Å². The van der Waals surface area contributed by atoms with Crippen molar-refractivity contribution in [1.82, 2.24) is 9.78 Å². The first kappa shape index (κ1) is 15.5. The molecular formula is C16H18BrFN2O2. The van der Waals surface area contributed by atoms with Gasteiger partial charge in [0.2, 0.25) is 0 Å². The lowest BCUT2D eigenvalue weighted by molar-refractivity contribution is -0.0508. The monoisotopic (exact) mass is 368 g/mol. The molecule has 0 saturated carbocycles. The molecule has 1 aromatic heterocycles. The highest BCUT2D eigenvalue weighted by molar-refractivity contribution is 9.10. The maximum atomic E-state index is 14.6. The molecule has 0 amide bonds. The summed E-state index contributed by atoms with van der Waals surface area (Å²) in [4.78, 5) is 0. The molecule has 1 saturated heterocycles. The van der Waals surface area contributed by atoms with Crippen molar-refractivity contribution in [3.8, 4) is 16.9 Å². The van der Waals surface area contributed by atoms with Crippen molar-refractivity contribution in [3.63, 3.8) is 0 Å². The average Bonchev–Trinajstić information content (AvgIpc) is 2.66. The molecule has 118 valence electrons. The van der Waals surface area contributed by atoms with E-state index >= 15 is 0 Å². The summed E-state index contributed by atoms with van der Waals surface area (Å²) in [5.74, 6) is 0.783. The third kappa shape index (κ3) is 2.77. The first-order chi connectivity index (χ1) is 10.5. The van der Waals surface area contributed by atoms with Gasteiger partial charge in [0, 0.05) is 29.8 Å². The topological polar surface area (TPSA) is 36.3 Å². The molecule has 0 unspecified atom stereocenters. The highest BCUT2D eigenvalue weighted by atomic mass is 79.9. The predicted molar refractivity (Wildman–Crippen MR) is 85.6 cm³/mol. The molecule has 4 nitrogen and oxygen atoms in total. The third-order valence-corrected chi connectivity index (χ3v) is 4.55. The van der Waals surface area contributed by atoms with Gasteiger partial charge in [0.05, 0.1) is 30.0 Å². The minimum absolute atomic E-state index is 0.293. The van der Waals surface area contributed by atoms with Crippen LogP contribution in [0.15, 0.2) is 16.6 Å². The normalized spacial score (nSPS) is 15.0. The van der Waals surface area contributed by atoms with E-state index in [0.29, 0.717) is 28.3 Å². The second-order valence-corrected chi connectivity index (χ2v) is 6.50. The molecule has 0 bridgehead atoms. The number of halogens is 2. The summed E-state index contributed by atoms with van der Waals surface area (Å²) in [5.41, 5.74) is 3.05. The fourth-order valence-electron chi connectivity index (χ4n) is 2.59. The van der Waals surface area contributed by atoms with Gasteiger partial charge in [-0.3, -0.25) is 4.68 Å². The minimum atomic E-state index is -0.293. The Labute approximate surface area is 137 Å². The van der Waals surface area contributed by atoms with Crippen LogP contribution in [0.2, 0.25) is 0 Å². The Morgan fingerprint density at radius 2 is 2.14 bits per heavy atom. The first-order valence-electron chi connectivity index (χ1n) is 7.17. The van der Waals surface area contributed by atoms with E-state index in [9.17, 15) is 4.39 Å². The Morgan fingerprint density at radius 1 is 1.41 bits per heavy atom. The number of hydrogen-bond donors (Lipinski definition) is 0. The van der Waals surface area contributed by atoms with Crippen molar-refractivity contribution < 1.29 is 13.9 Å². The van der Waals surface area contributed by atoms with Gasteiger partial charge in [-0.2, -0.15) is 5.10 Å². The quantitative estimate of drug-likeness (QED) is 0.826. The number of nitrogens with zero attached hydrogens (tertiary/aromatic N) is 2. The van der Waals surface area contributed by atoms with E-state index < -0.39 is 0 Å². The van der Waals surface area contributed by atoms with Crippen LogP contribution in [0.1, 0.15) is 11.4 Å². The first-order valence-corrected chi connectivity index (χ1v) is 7.96. The van der Waals surface area contributed by atoms with E-state index in [4.69, 9.17) is 9.47 Å². The van der Waals surface area contributed by atoms with Gasteiger partial charge in [-0.15, -0.1) is 0 Å². The fraction of sp³-hybridized carbons (Fsp3) is 0.438. The molecule has 1 aliphatic heterocycles. The maximum Gasteiger partial charge on any atom is 0.145 e. The summed E-state index contributed by atoms with van der Waals surface area (Å²) in [6, 6.07) is 3.41. The van der Waals surface area contributed by atoms with Gasteiger partial charge in [-0.05, 0) is 41.9 Å². The Morgan fingerprint density at radius 3 is 2.68 bits per heavy atom. The SMILES string of the molecule is Cc1nn(C)c(C)c1-c1cc(OCC2COC2)cc(Br)c1F. The standard InChI is InChI=1S/C16H18BrFN2O2/c1-9-15(10(2)20(3)19-9)13-4-12(5-14(17)16(13)18)22-8-11-6-21-7-11/h4-5,11H,6-8H2,1-3H3. The number of aromatic nitrogens is 2. The Hall–Kier alpha value is -1.40. The Balaban J connectivity index is 1.97. The van der Waals surface area contributed by atoms with E-state index in [2.05, 4.69) is 21.0 Å². The van der Waals surface area contributed by atoms with E-state index in [1.807, 2.05) is 20.9 Å². The van der Waals surface area contributed by atoms with Crippen LogP contribution in [0, 0.1) is 25.6 Å². The molecular weight excluding hydrogens is 351 g/mol. The number of ether oxygens (including phenoxy) is 2. The molecule has 0 radical (unpaired) electrons. The Kier molecular flexibility index (Phi) is 4.23. The van der Waals surface area contributed by atoms with Crippen molar-refractivity contribution >= 4 is 15.9 Å². The molecule has 1 aromatic carbocycles. The van der Waals surface area contributed by atoms with Crippen LogP contribution in [0.4, 0.5) is 4.39 Å². The van der Waals surface area contributed by atoms with E-state index in [0.717, 1.165) is 30.2 Å². The number of hydrogen-bond acceptors (Lipinski definition) is 3. The predicted octanol–water partition coefficient (Wildman–Crippen LogP) is 3.63. The fourth-order valence-corrected chi connectivity index (χ4v) is 3.03. The lowest BCUT2D eigenvalue weighted by atomic mass is 10.0. The second kappa shape index (κ2) is 6.01. The summed E-state index contributed by atoms with van der Waals surface area (Å²) in [6.45, 7) is 5.87. The van der Waals surface area contributed by atoms with E-state index in [1.165, 1.54) is 0 Å². The van der Waals surface area contributed by atoms with Gasteiger partial charge in [-0.25, -0.2) is 4.39 Å². The van der Waals surface area contributed by atoms with E-state index in [1.54, 1.807) is 16.8 Å². The molecule has 6 heteroatoms. The molecule has 22 heavy (non-hydrogen) atoms. The van der Waals surface area contributed by atoms with Crippen molar-refractivity contribution in [2.24, 2.45) is 13.0 Å². The van der Waals surface area contributed by atoms with Crippen LogP contribution < -0.4 is 4.74 Å². The number of aryl methyl sites for hydroxylation is 2. The average molecular weight is 369 g/mol. The summed E-state index contributed by atoms with van der Waals surface area (Å²) < 4.78 is 27.6. The molecule has 2 heterocycles. The number of rotatable bonds is 4. The molecule has 0 spiro atoms. The van der Waals surface area contributed by atoms with Crippen LogP contribution in [0.25, 0.3) is 11.1 Å². The lowest BCUT2D eigenvalue weighted by Gasteiger charge is -2.25. The van der Waals surface area contributed by atoms with Crippen LogP contribution in [0.5, 0.6) is 5.75 Å². The van der Waals surface area contributed by atoms with Gasteiger partial charge < -0.3 is 9.47 Å². The van der Waals surface area contributed by atoms with Crippen molar-refractivity contribution in [2.75, 3.05) is 19.8 Å². The molecule has 3 rings (SSSR count). The van der Waals surface area contributed by atoms with Gasteiger partial charge >= 0.3 is 0 Å². The largest absolute Gasteiger partial charge is 0.493 e.